The van der Waals surface area contributed by atoms with Crippen molar-refractivity contribution in [1.29, 1.82) is 0 Å². The maximum atomic E-state index is 12.6. The van der Waals surface area contributed by atoms with Gasteiger partial charge in [0.25, 0.3) is 0 Å². The smallest absolute Gasteiger partial charge is 0.408 e. The van der Waals surface area contributed by atoms with Gasteiger partial charge in [-0.25, -0.2) is 13.2 Å². The summed E-state index contributed by atoms with van der Waals surface area (Å²) in [7, 11) is -3.63. The normalized spacial score (nSPS) is 12.3. The van der Waals surface area contributed by atoms with Crippen molar-refractivity contribution < 1.29 is 17.4 Å². The van der Waals surface area contributed by atoms with Crippen molar-refractivity contribution in [3.05, 3.63) is 40.5 Å². The minimum Gasteiger partial charge on any atom is -0.408 e. The van der Waals surface area contributed by atoms with E-state index in [1.54, 1.807) is 19.9 Å². The first-order chi connectivity index (χ1) is 12.4. The van der Waals surface area contributed by atoms with Crippen LogP contribution >= 0.6 is 0 Å². The van der Waals surface area contributed by atoms with Crippen LogP contribution in [0.3, 0.4) is 0 Å². The molecule has 26 heavy (non-hydrogen) atoms. The summed E-state index contributed by atoms with van der Waals surface area (Å²) in [6, 6.07) is 4.39. The minimum absolute atomic E-state index is 0.0808. The summed E-state index contributed by atoms with van der Waals surface area (Å²) in [5.41, 5.74) is 0.666. The Bertz CT molecular complexity index is 1080. The molecule has 0 aliphatic carbocycles. The van der Waals surface area contributed by atoms with Crippen molar-refractivity contribution >= 4 is 21.1 Å². The predicted octanol–water partition coefficient (Wildman–Crippen LogP) is 1.62. The number of oxazole rings is 1. The van der Waals surface area contributed by atoms with Crippen LogP contribution in [0.15, 0.2) is 36.8 Å². The van der Waals surface area contributed by atoms with Crippen LogP contribution in [0.5, 0.6) is 0 Å². The Morgan fingerprint density at radius 3 is 2.54 bits per heavy atom. The van der Waals surface area contributed by atoms with E-state index in [2.05, 4.69) is 10.1 Å². The van der Waals surface area contributed by atoms with Crippen LogP contribution in [-0.2, 0) is 23.0 Å². The van der Waals surface area contributed by atoms with Gasteiger partial charge >= 0.3 is 5.76 Å². The first-order valence-corrected chi connectivity index (χ1v) is 9.79. The van der Waals surface area contributed by atoms with Gasteiger partial charge in [-0.3, -0.25) is 4.57 Å². The molecule has 0 atom stereocenters. The van der Waals surface area contributed by atoms with E-state index in [0.29, 0.717) is 36.7 Å². The van der Waals surface area contributed by atoms with Crippen LogP contribution < -0.4 is 5.76 Å². The fourth-order valence-electron chi connectivity index (χ4n) is 2.71. The van der Waals surface area contributed by atoms with E-state index in [-0.39, 0.29) is 17.0 Å². The van der Waals surface area contributed by atoms with Gasteiger partial charge in [-0.1, -0.05) is 25.9 Å². The second-order valence-electron chi connectivity index (χ2n) is 5.63. The average molecular weight is 380 g/mol. The number of aryl methyl sites for hydroxylation is 1. The van der Waals surface area contributed by atoms with E-state index in [1.807, 2.05) is 6.92 Å². The highest BCUT2D eigenvalue weighted by Gasteiger charge is 2.23. The second kappa shape index (κ2) is 7.04. The molecule has 10 heteroatoms. The summed E-state index contributed by atoms with van der Waals surface area (Å²) < 4.78 is 38.2. The zero-order valence-electron chi connectivity index (χ0n) is 14.8. The summed E-state index contributed by atoms with van der Waals surface area (Å²) in [4.78, 5) is 16.4. The van der Waals surface area contributed by atoms with Gasteiger partial charge < -0.3 is 8.94 Å². The van der Waals surface area contributed by atoms with Gasteiger partial charge in [0.15, 0.2) is 11.4 Å². The molecule has 2 heterocycles. The fraction of sp³-hybridized carbons (Fsp3) is 0.438. The molecule has 0 radical (unpaired) electrons. The summed E-state index contributed by atoms with van der Waals surface area (Å²) in [6.07, 6.45) is 0.598. The molecule has 0 unspecified atom stereocenters. The highest BCUT2D eigenvalue weighted by atomic mass is 32.2. The molecule has 0 aliphatic rings. The van der Waals surface area contributed by atoms with Gasteiger partial charge in [0.05, 0.1) is 17.0 Å². The molecule has 0 saturated carbocycles. The zero-order valence-corrected chi connectivity index (χ0v) is 15.6. The molecule has 0 spiro atoms. The first-order valence-electron chi connectivity index (χ1n) is 8.35. The second-order valence-corrected chi connectivity index (χ2v) is 7.57. The van der Waals surface area contributed by atoms with Crippen molar-refractivity contribution in [2.45, 2.75) is 38.6 Å². The third kappa shape index (κ3) is 3.17. The van der Waals surface area contributed by atoms with Crippen molar-refractivity contribution in [3.8, 4) is 0 Å². The number of rotatable bonds is 7. The number of hydrogen-bond acceptors (Lipinski definition) is 7. The van der Waals surface area contributed by atoms with Gasteiger partial charge in [-0.15, -0.1) is 0 Å². The summed E-state index contributed by atoms with van der Waals surface area (Å²) in [5.74, 6) is 0.222. The predicted molar refractivity (Wildman–Crippen MR) is 93.4 cm³/mol. The summed E-state index contributed by atoms with van der Waals surface area (Å²) in [6.45, 7) is 6.22. The lowest BCUT2D eigenvalue weighted by atomic mass is 10.3. The van der Waals surface area contributed by atoms with E-state index in [0.717, 1.165) is 0 Å². The Morgan fingerprint density at radius 1 is 1.19 bits per heavy atom. The Morgan fingerprint density at radius 2 is 1.92 bits per heavy atom. The molecule has 0 N–H and O–H groups in total. The van der Waals surface area contributed by atoms with Crippen LogP contribution in [-0.4, -0.2) is 40.5 Å². The molecule has 0 saturated heterocycles. The van der Waals surface area contributed by atoms with Crippen LogP contribution in [0.4, 0.5) is 0 Å². The van der Waals surface area contributed by atoms with Gasteiger partial charge in [-0.05, 0) is 12.1 Å². The lowest BCUT2D eigenvalue weighted by Gasteiger charge is -2.18. The topological polar surface area (TPSA) is 111 Å². The fourth-order valence-corrected chi connectivity index (χ4v) is 4.18. The maximum absolute atomic E-state index is 12.6. The van der Waals surface area contributed by atoms with E-state index >= 15 is 0 Å². The van der Waals surface area contributed by atoms with E-state index in [9.17, 15) is 13.2 Å². The molecular weight excluding hydrogens is 360 g/mol. The molecule has 0 fully saturated rings. The summed E-state index contributed by atoms with van der Waals surface area (Å²) in [5, 5.41) is 3.82. The Labute approximate surface area is 150 Å². The largest absolute Gasteiger partial charge is 0.420 e. The Kier molecular flexibility index (Phi) is 4.97. The minimum atomic E-state index is -3.63. The monoisotopic (exact) mass is 380 g/mol. The molecule has 3 rings (SSSR count). The van der Waals surface area contributed by atoms with E-state index < -0.39 is 15.8 Å². The lowest BCUT2D eigenvalue weighted by Crippen LogP contribution is -2.30. The Balaban J connectivity index is 2.01. The third-order valence-electron chi connectivity index (χ3n) is 4.10. The molecule has 0 amide bonds. The molecule has 0 bridgehead atoms. The van der Waals surface area contributed by atoms with Crippen molar-refractivity contribution in [3.63, 3.8) is 0 Å². The van der Waals surface area contributed by atoms with Crippen LogP contribution in [0.1, 0.15) is 32.5 Å². The van der Waals surface area contributed by atoms with E-state index in [4.69, 9.17) is 8.94 Å². The highest BCUT2D eigenvalue weighted by molar-refractivity contribution is 7.89. The van der Waals surface area contributed by atoms with Gasteiger partial charge in [-0.2, -0.15) is 9.29 Å². The van der Waals surface area contributed by atoms with Gasteiger partial charge in [0.1, 0.15) is 0 Å². The molecule has 0 aliphatic heterocycles. The van der Waals surface area contributed by atoms with Gasteiger partial charge in [0.2, 0.25) is 15.9 Å². The lowest BCUT2D eigenvalue weighted by molar-refractivity contribution is 0.375. The molecular formula is C16H20N4O5S. The number of hydrogen-bond donors (Lipinski definition) is 0. The van der Waals surface area contributed by atoms with Crippen molar-refractivity contribution in [1.82, 2.24) is 19.0 Å². The third-order valence-corrected chi connectivity index (χ3v) is 6.14. The number of nitrogens with zero attached hydrogens (tertiary/aromatic N) is 4. The number of benzene rings is 1. The quantitative estimate of drug-likeness (QED) is 0.612. The number of sulfonamides is 1. The average Bonchev–Trinajstić information content (AvgIpc) is 3.20. The number of fused-ring (bicyclic) bond motifs is 1. The molecule has 9 nitrogen and oxygen atoms in total. The number of aromatic nitrogens is 3. The molecule has 1 aromatic carbocycles. The zero-order chi connectivity index (χ0) is 18.9. The van der Waals surface area contributed by atoms with Crippen molar-refractivity contribution in [2.75, 3.05) is 13.1 Å². The standard InChI is InChI=1S/C16H20N4O5S/c1-4-15-17-14(18-25-15)10-20-12-8-7-11(9-13(12)24-16(20)21)26(22,23)19(5-2)6-3/h7-9H,4-6,10H2,1-3H3. The molecule has 140 valence electrons. The Hall–Kier alpha value is -2.46. The van der Waals surface area contributed by atoms with Crippen molar-refractivity contribution in [2.24, 2.45) is 0 Å². The molecule has 3 aromatic rings. The van der Waals surface area contributed by atoms with E-state index in [1.165, 1.54) is 21.0 Å². The first kappa shape index (κ1) is 18.3. The SMILES string of the molecule is CCc1nc(Cn2c(=O)oc3cc(S(=O)(=O)N(CC)CC)ccc32)no1. The van der Waals surface area contributed by atoms with Crippen LogP contribution in [0.25, 0.3) is 11.1 Å². The van der Waals surface area contributed by atoms with Gasteiger partial charge in [0, 0.05) is 25.6 Å². The highest BCUT2D eigenvalue weighted by Crippen LogP contribution is 2.22. The molecule has 2 aromatic heterocycles. The van der Waals surface area contributed by atoms with Crippen LogP contribution in [0, 0.1) is 0 Å². The van der Waals surface area contributed by atoms with Crippen LogP contribution in [0.2, 0.25) is 0 Å². The summed E-state index contributed by atoms with van der Waals surface area (Å²) >= 11 is 0. The maximum Gasteiger partial charge on any atom is 0.420 e.